The second-order valence-electron chi connectivity index (χ2n) is 4.61. The number of pyridine rings is 1. The second-order valence-corrected chi connectivity index (χ2v) is 5.53. The van der Waals surface area contributed by atoms with Crippen molar-refractivity contribution in [3.05, 3.63) is 70.6 Å². The minimum Gasteiger partial charge on any atom is -0.298 e. The summed E-state index contributed by atoms with van der Waals surface area (Å²) in [5.74, 6) is 0. The molecule has 3 rings (SSSR count). The van der Waals surface area contributed by atoms with Crippen LogP contribution in [0.3, 0.4) is 0 Å². The molecule has 1 aromatic carbocycles. The smallest absolute Gasteiger partial charge is 0.153 e. The van der Waals surface area contributed by atoms with E-state index in [4.69, 9.17) is 0 Å². The lowest BCUT2D eigenvalue weighted by Gasteiger charge is -2.02. The zero-order chi connectivity index (χ0) is 14.7. The van der Waals surface area contributed by atoms with Crippen LogP contribution in [0.1, 0.15) is 15.9 Å². The van der Waals surface area contributed by atoms with Gasteiger partial charge in [0.15, 0.2) is 6.29 Å². The largest absolute Gasteiger partial charge is 0.298 e. The van der Waals surface area contributed by atoms with Crippen LogP contribution >= 0.6 is 15.9 Å². The Labute approximate surface area is 130 Å². The van der Waals surface area contributed by atoms with Gasteiger partial charge in [-0.3, -0.25) is 14.5 Å². The lowest BCUT2D eigenvalue weighted by molar-refractivity contribution is 0.112. The maximum Gasteiger partial charge on any atom is 0.153 e. The monoisotopic (exact) mass is 341 g/mol. The number of hydrogen-bond acceptors (Lipinski definition) is 3. The van der Waals surface area contributed by atoms with Crippen LogP contribution in [-0.4, -0.2) is 21.1 Å². The summed E-state index contributed by atoms with van der Waals surface area (Å²) in [7, 11) is 0. The zero-order valence-corrected chi connectivity index (χ0v) is 12.7. The SMILES string of the molecule is O=Cc1cn(Cc2ccc(Br)cc2)nc1-c1ccncc1. The number of nitrogens with zero attached hydrogens (tertiary/aromatic N) is 3. The van der Waals surface area contributed by atoms with Gasteiger partial charge < -0.3 is 0 Å². The van der Waals surface area contributed by atoms with E-state index < -0.39 is 0 Å². The predicted octanol–water partition coefficient (Wildman–Crippen LogP) is 3.57. The number of rotatable bonds is 4. The first kappa shape index (κ1) is 13.7. The standard InChI is InChI=1S/C16H12BrN3O/c17-15-3-1-12(2-4-15)9-20-10-14(11-21)16(19-20)13-5-7-18-8-6-13/h1-8,10-11H,9H2. The highest BCUT2D eigenvalue weighted by molar-refractivity contribution is 9.10. The number of halogens is 1. The summed E-state index contributed by atoms with van der Waals surface area (Å²) < 4.78 is 2.82. The Kier molecular flexibility index (Phi) is 3.92. The van der Waals surface area contributed by atoms with Crippen LogP contribution in [0.5, 0.6) is 0 Å². The van der Waals surface area contributed by atoms with Crippen molar-refractivity contribution in [1.82, 2.24) is 14.8 Å². The van der Waals surface area contributed by atoms with Gasteiger partial charge in [0.1, 0.15) is 5.69 Å². The molecule has 0 spiro atoms. The summed E-state index contributed by atoms with van der Waals surface area (Å²) in [6.45, 7) is 0.624. The van der Waals surface area contributed by atoms with Crippen molar-refractivity contribution < 1.29 is 4.79 Å². The predicted molar refractivity (Wildman–Crippen MR) is 84.1 cm³/mol. The number of carbonyl (C=O) groups excluding carboxylic acids is 1. The molecule has 0 bridgehead atoms. The maximum atomic E-state index is 11.2. The lowest BCUT2D eigenvalue weighted by Crippen LogP contribution is -2.00. The van der Waals surface area contributed by atoms with Crippen LogP contribution in [0.15, 0.2) is 59.5 Å². The van der Waals surface area contributed by atoms with E-state index in [1.807, 2.05) is 36.4 Å². The first-order chi connectivity index (χ1) is 10.3. The molecule has 0 aliphatic rings. The van der Waals surface area contributed by atoms with Crippen LogP contribution in [0.2, 0.25) is 0 Å². The van der Waals surface area contributed by atoms with E-state index in [9.17, 15) is 4.79 Å². The highest BCUT2D eigenvalue weighted by Crippen LogP contribution is 2.20. The van der Waals surface area contributed by atoms with Gasteiger partial charge in [-0.15, -0.1) is 0 Å². The van der Waals surface area contributed by atoms with Crippen LogP contribution in [0.4, 0.5) is 0 Å². The fourth-order valence-electron chi connectivity index (χ4n) is 2.12. The Morgan fingerprint density at radius 3 is 2.48 bits per heavy atom. The van der Waals surface area contributed by atoms with Gasteiger partial charge >= 0.3 is 0 Å². The molecule has 0 unspecified atom stereocenters. The summed E-state index contributed by atoms with van der Waals surface area (Å²) in [5, 5.41) is 4.51. The summed E-state index contributed by atoms with van der Waals surface area (Å²) in [4.78, 5) is 15.2. The number of aromatic nitrogens is 3. The molecule has 0 N–H and O–H groups in total. The third kappa shape index (κ3) is 3.08. The molecule has 0 saturated heterocycles. The first-order valence-electron chi connectivity index (χ1n) is 6.44. The molecule has 21 heavy (non-hydrogen) atoms. The zero-order valence-electron chi connectivity index (χ0n) is 11.1. The molecule has 4 nitrogen and oxygen atoms in total. The Morgan fingerprint density at radius 2 is 1.81 bits per heavy atom. The van der Waals surface area contributed by atoms with Crippen molar-refractivity contribution in [2.75, 3.05) is 0 Å². The molecule has 0 aliphatic carbocycles. The molecule has 0 amide bonds. The average Bonchev–Trinajstić information content (AvgIpc) is 2.93. The van der Waals surface area contributed by atoms with E-state index in [1.165, 1.54) is 0 Å². The van der Waals surface area contributed by atoms with E-state index in [2.05, 4.69) is 26.0 Å². The van der Waals surface area contributed by atoms with Gasteiger partial charge in [-0.2, -0.15) is 5.10 Å². The fourth-order valence-corrected chi connectivity index (χ4v) is 2.38. The molecule has 104 valence electrons. The quantitative estimate of drug-likeness (QED) is 0.681. The molecule has 0 atom stereocenters. The fraction of sp³-hybridized carbons (Fsp3) is 0.0625. The number of hydrogen-bond donors (Lipinski definition) is 0. The number of benzene rings is 1. The molecule has 0 saturated carbocycles. The van der Waals surface area contributed by atoms with Gasteiger partial charge in [0.25, 0.3) is 0 Å². The molecule has 5 heteroatoms. The van der Waals surface area contributed by atoms with Crippen LogP contribution < -0.4 is 0 Å². The van der Waals surface area contributed by atoms with Gasteiger partial charge in [-0.1, -0.05) is 28.1 Å². The first-order valence-corrected chi connectivity index (χ1v) is 7.23. The van der Waals surface area contributed by atoms with Gasteiger partial charge in [0.05, 0.1) is 12.1 Å². The average molecular weight is 342 g/mol. The van der Waals surface area contributed by atoms with Crippen molar-refractivity contribution in [2.45, 2.75) is 6.54 Å². The van der Waals surface area contributed by atoms with Crippen LogP contribution in [0, 0.1) is 0 Å². The molecule has 0 radical (unpaired) electrons. The van der Waals surface area contributed by atoms with Crippen LogP contribution in [-0.2, 0) is 6.54 Å². The van der Waals surface area contributed by atoms with Gasteiger partial charge in [-0.25, -0.2) is 0 Å². The van der Waals surface area contributed by atoms with Crippen LogP contribution in [0.25, 0.3) is 11.3 Å². The second kappa shape index (κ2) is 6.01. The summed E-state index contributed by atoms with van der Waals surface area (Å²) in [6.07, 6.45) is 5.99. The van der Waals surface area contributed by atoms with Gasteiger partial charge in [0.2, 0.25) is 0 Å². The van der Waals surface area contributed by atoms with E-state index >= 15 is 0 Å². The topological polar surface area (TPSA) is 47.8 Å². The minimum atomic E-state index is 0.582. The van der Waals surface area contributed by atoms with E-state index in [-0.39, 0.29) is 0 Å². The third-order valence-electron chi connectivity index (χ3n) is 3.13. The van der Waals surface area contributed by atoms with Crippen molar-refractivity contribution in [3.8, 4) is 11.3 Å². The van der Waals surface area contributed by atoms with Crippen molar-refractivity contribution >= 4 is 22.2 Å². The molecule has 2 heterocycles. The highest BCUT2D eigenvalue weighted by atomic mass is 79.9. The molecule has 2 aromatic heterocycles. The molecule has 3 aromatic rings. The molecular weight excluding hydrogens is 330 g/mol. The normalized spacial score (nSPS) is 10.5. The summed E-state index contributed by atoms with van der Waals surface area (Å²) in [6, 6.07) is 11.7. The Balaban J connectivity index is 1.92. The van der Waals surface area contributed by atoms with Crippen molar-refractivity contribution in [2.24, 2.45) is 0 Å². The van der Waals surface area contributed by atoms with Gasteiger partial charge in [-0.05, 0) is 29.8 Å². The lowest BCUT2D eigenvalue weighted by atomic mass is 10.1. The minimum absolute atomic E-state index is 0.582. The number of carbonyl (C=O) groups is 1. The summed E-state index contributed by atoms with van der Waals surface area (Å²) >= 11 is 3.41. The maximum absolute atomic E-state index is 11.2. The Morgan fingerprint density at radius 1 is 1.10 bits per heavy atom. The molecule has 0 fully saturated rings. The highest BCUT2D eigenvalue weighted by Gasteiger charge is 2.10. The Bertz CT molecular complexity index is 751. The van der Waals surface area contributed by atoms with E-state index in [1.54, 1.807) is 23.3 Å². The Hall–Kier alpha value is -2.27. The summed E-state index contributed by atoms with van der Waals surface area (Å²) in [5.41, 5.74) is 3.28. The van der Waals surface area contributed by atoms with E-state index in [0.29, 0.717) is 17.8 Å². The van der Waals surface area contributed by atoms with E-state index in [0.717, 1.165) is 21.9 Å². The number of aldehydes is 1. The van der Waals surface area contributed by atoms with Crippen molar-refractivity contribution in [1.29, 1.82) is 0 Å². The van der Waals surface area contributed by atoms with Gasteiger partial charge in [0, 0.05) is 28.6 Å². The third-order valence-corrected chi connectivity index (χ3v) is 3.66. The molecule has 0 aliphatic heterocycles. The van der Waals surface area contributed by atoms with Crippen molar-refractivity contribution in [3.63, 3.8) is 0 Å². The molecular formula is C16H12BrN3O.